The van der Waals surface area contributed by atoms with Crippen LogP contribution in [0.2, 0.25) is 0 Å². The summed E-state index contributed by atoms with van der Waals surface area (Å²) >= 11 is 0. The molecule has 0 aromatic carbocycles. The summed E-state index contributed by atoms with van der Waals surface area (Å²) in [5, 5.41) is 7.70. The smallest absolute Gasteiger partial charge is 0.124 e. The van der Waals surface area contributed by atoms with Gasteiger partial charge < -0.3 is 5.32 Å². The predicted octanol–water partition coefficient (Wildman–Crippen LogP) is 2.41. The van der Waals surface area contributed by atoms with Crippen molar-refractivity contribution in [3.8, 4) is 0 Å². The predicted molar refractivity (Wildman–Crippen MR) is 58.3 cm³/mol. The molecule has 0 atom stereocenters. The molecule has 3 nitrogen and oxygen atoms in total. The fourth-order valence-corrected chi connectivity index (χ4v) is 2.13. The molecule has 0 aliphatic heterocycles. The van der Waals surface area contributed by atoms with E-state index in [1.807, 2.05) is 24.0 Å². The van der Waals surface area contributed by atoms with Crippen molar-refractivity contribution in [2.75, 3.05) is 5.32 Å². The van der Waals surface area contributed by atoms with Crippen LogP contribution in [0.15, 0.2) is 12.3 Å². The molecule has 1 aliphatic carbocycles. The summed E-state index contributed by atoms with van der Waals surface area (Å²) in [6.45, 7) is 2.35. The highest BCUT2D eigenvalue weighted by Crippen LogP contribution is 2.25. The maximum Gasteiger partial charge on any atom is 0.124 e. The molecule has 0 unspecified atom stereocenters. The summed E-state index contributed by atoms with van der Waals surface area (Å²) < 4.78 is 1.90. The zero-order chi connectivity index (χ0) is 9.97. The van der Waals surface area contributed by atoms with Crippen LogP contribution in [0.1, 0.15) is 32.6 Å². The average Bonchev–Trinajstić information content (AvgIpc) is 2.56. The van der Waals surface area contributed by atoms with Crippen molar-refractivity contribution in [2.24, 2.45) is 13.0 Å². The molecule has 0 bridgehead atoms. The van der Waals surface area contributed by atoms with E-state index in [2.05, 4.69) is 17.3 Å². The van der Waals surface area contributed by atoms with Crippen LogP contribution in [0.3, 0.4) is 0 Å². The van der Waals surface area contributed by atoms with Gasteiger partial charge in [0.25, 0.3) is 0 Å². The Morgan fingerprint density at radius 3 is 2.64 bits per heavy atom. The molecule has 1 aliphatic rings. The van der Waals surface area contributed by atoms with Crippen molar-refractivity contribution in [2.45, 2.75) is 38.6 Å². The van der Waals surface area contributed by atoms with E-state index in [1.54, 1.807) is 0 Å². The lowest BCUT2D eigenvalue weighted by Gasteiger charge is -2.27. The monoisotopic (exact) mass is 193 g/mol. The number of aromatic nitrogens is 2. The normalized spacial score (nSPS) is 27.6. The van der Waals surface area contributed by atoms with Gasteiger partial charge >= 0.3 is 0 Å². The highest BCUT2D eigenvalue weighted by Gasteiger charge is 2.18. The van der Waals surface area contributed by atoms with E-state index in [-0.39, 0.29) is 0 Å². The number of anilines is 1. The molecule has 0 spiro atoms. The number of nitrogens with zero attached hydrogens (tertiary/aromatic N) is 2. The second-order valence-electron chi connectivity index (χ2n) is 4.44. The van der Waals surface area contributed by atoms with Crippen LogP contribution in [0.25, 0.3) is 0 Å². The van der Waals surface area contributed by atoms with Gasteiger partial charge in [-0.25, -0.2) is 0 Å². The summed E-state index contributed by atoms with van der Waals surface area (Å²) in [5.74, 6) is 2.06. The van der Waals surface area contributed by atoms with Crippen molar-refractivity contribution in [3.63, 3.8) is 0 Å². The largest absolute Gasteiger partial charge is 0.368 e. The van der Waals surface area contributed by atoms with Gasteiger partial charge in [0.15, 0.2) is 0 Å². The first kappa shape index (κ1) is 9.56. The van der Waals surface area contributed by atoms with Gasteiger partial charge in [-0.1, -0.05) is 6.92 Å². The Morgan fingerprint density at radius 2 is 2.07 bits per heavy atom. The molecule has 1 aromatic rings. The third-order valence-corrected chi connectivity index (χ3v) is 3.19. The standard InChI is InChI=1S/C11H19N3/c1-9-3-5-10(6-4-9)13-11-7-8-12-14(11)2/h7-10,13H,3-6H2,1-2H3. The van der Waals surface area contributed by atoms with Gasteiger partial charge in [-0.15, -0.1) is 0 Å². The fourth-order valence-electron chi connectivity index (χ4n) is 2.13. The van der Waals surface area contributed by atoms with E-state index in [9.17, 15) is 0 Å². The molecule has 1 aromatic heterocycles. The van der Waals surface area contributed by atoms with Crippen molar-refractivity contribution < 1.29 is 0 Å². The maximum absolute atomic E-state index is 4.15. The minimum absolute atomic E-state index is 0.654. The molecule has 2 rings (SSSR count). The summed E-state index contributed by atoms with van der Waals surface area (Å²) in [7, 11) is 1.98. The molecule has 1 fully saturated rings. The Hall–Kier alpha value is -0.990. The van der Waals surface area contributed by atoms with E-state index in [1.165, 1.54) is 25.7 Å². The molecule has 78 valence electrons. The quantitative estimate of drug-likeness (QED) is 0.781. The second kappa shape index (κ2) is 4.03. The number of aryl methyl sites for hydroxylation is 1. The van der Waals surface area contributed by atoms with E-state index >= 15 is 0 Å². The Kier molecular flexibility index (Phi) is 2.75. The molecule has 1 heterocycles. The van der Waals surface area contributed by atoms with Gasteiger partial charge in [-0.05, 0) is 31.6 Å². The molecule has 3 heteroatoms. The van der Waals surface area contributed by atoms with Gasteiger partial charge in [0.1, 0.15) is 5.82 Å². The highest BCUT2D eigenvalue weighted by molar-refractivity contribution is 5.34. The Balaban J connectivity index is 1.89. The molecule has 0 saturated heterocycles. The number of hydrogen-bond donors (Lipinski definition) is 1. The van der Waals surface area contributed by atoms with Gasteiger partial charge in [-0.2, -0.15) is 5.10 Å². The van der Waals surface area contributed by atoms with E-state index in [0.717, 1.165) is 11.7 Å². The molecule has 0 radical (unpaired) electrons. The van der Waals surface area contributed by atoms with E-state index < -0.39 is 0 Å². The molecule has 14 heavy (non-hydrogen) atoms. The summed E-state index contributed by atoms with van der Waals surface area (Å²) in [6.07, 6.45) is 7.15. The number of rotatable bonds is 2. The lowest BCUT2D eigenvalue weighted by molar-refractivity contribution is 0.360. The lowest BCUT2D eigenvalue weighted by atomic mass is 9.87. The first-order valence-corrected chi connectivity index (χ1v) is 5.50. The minimum atomic E-state index is 0.654. The van der Waals surface area contributed by atoms with E-state index in [0.29, 0.717) is 6.04 Å². The van der Waals surface area contributed by atoms with Crippen LogP contribution in [-0.4, -0.2) is 15.8 Å². The van der Waals surface area contributed by atoms with Crippen LogP contribution < -0.4 is 5.32 Å². The number of nitrogens with one attached hydrogen (secondary N) is 1. The van der Waals surface area contributed by atoms with Crippen LogP contribution in [0.4, 0.5) is 5.82 Å². The Bertz CT molecular complexity index is 284. The third kappa shape index (κ3) is 2.08. The summed E-state index contributed by atoms with van der Waals surface area (Å²) in [5.41, 5.74) is 0. The van der Waals surface area contributed by atoms with Crippen molar-refractivity contribution >= 4 is 5.82 Å². The van der Waals surface area contributed by atoms with Gasteiger partial charge in [0.05, 0.1) is 6.20 Å². The first-order chi connectivity index (χ1) is 6.75. The van der Waals surface area contributed by atoms with Crippen molar-refractivity contribution in [1.82, 2.24) is 9.78 Å². The minimum Gasteiger partial charge on any atom is -0.368 e. The van der Waals surface area contributed by atoms with Crippen LogP contribution in [0, 0.1) is 5.92 Å². The molecule has 0 amide bonds. The second-order valence-corrected chi connectivity index (χ2v) is 4.44. The zero-order valence-electron chi connectivity index (χ0n) is 9.03. The molecular weight excluding hydrogens is 174 g/mol. The van der Waals surface area contributed by atoms with Gasteiger partial charge in [-0.3, -0.25) is 4.68 Å². The molecular formula is C11H19N3. The van der Waals surface area contributed by atoms with Gasteiger partial charge in [0.2, 0.25) is 0 Å². The average molecular weight is 193 g/mol. The Labute approximate surface area is 85.5 Å². The maximum atomic E-state index is 4.15. The zero-order valence-corrected chi connectivity index (χ0v) is 9.03. The lowest BCUT2D eigenvalue weighted by Crippen LogP contribution is -2.26. The highest BCUT2D eigenvalue weighted by atomic mass is 15.3. The van der Waals surface area contributed by atoms with Crippen LogP contribution >= 0.6 is 0 Å². The first-order valence-electron chi connectivity index (χ1n) is 5.50. The topological polar surface area (TPSA) is 29.9 Å². The summed E-state index contributed by atoms with van der Waals surface area (Å²) in [4.78, 5) is 0. The van der Waals surface area contributed by atoms with Gasteiger partial charge in [0, 0.05) is 19.2 Å². The molecule has 1 N–H and O–H groups in total. The Morgan fingerprint density at radius 1 is 1.36 bits per heavy atom. The third-order valence-electron chi connectivity index (χ3n) is 3.19. The van der Waals surface area contributed by atoms with E-state index in [4.69, 9.17) is 0 Å². The van der Waals surface area contributed by atoms with Crippen molar-refractivity contribution in [3.05, 3.63) is 12.3 Å². The SMILES string of the molecule is CC1CCC(Nc2ccnn2C)CC1. The van der Waals surface area contributed by atoms with Crippen molar-refractivity contribution in [1.29, 1.82) is 0 Å². The number of hydrogen-bond acceptors (Lipinski definition) is 2. The molecule has 1 saturated carbocycles. The van der Waals surface area contributed by atoms with Crippen LogP contribution in [-0.2, 0) is 7.05 Å². The van der Waals surface area contributed by atoms with Crippen LogP contribution in [0.5, 0.6) is 0 Å². The summed E-state index contributed by atoms with van der Waals surface area (Å²) in [6, 6.07) is 2.69. The fraction of sp³-hybridized carbons (Fsp3) is 0.727.